The Hall–Kier alpha value is -2.49. The molecular weight excluding hydrogens is 447 g/mol. The van der Waals surface area contributed by atoms with Gasteiger partial charge in [0.1, 0.15) is 24.1 Å². The van der Waals surface area contributed by atoms with Gasteiger partial charge < -0.3 is 18.9 Å². The Bertz CT molecular complexity index is 1100. The SMILES string of the molecule is COc1ccccc1-c1nc2c(N3CCN(CCF)CC3)nc(C)nc2n1C1CCOC1.Cl. The Morgan fingerprint density at radius 3 is 2.61 bits per heavy atom. The van der Waals surface area contributed by atoms with Crippen molar-refractivity contribution in [3.63, 3.8) is 0 Å². The smallest absolute Gasteiger partial charge is 0.166 e. The fraction of sp³-hybridized carbons (Fsp3) is 0.522. The Morgan fingerprint density at radius 2 is 1.91 bits per heavy atom. The van der Waals surface area contributed by atoms with Crippen LogP contribution in [0.2, 0.25) is 0 Å². The maximum atomic E-state index is 12.8. The summed E-state index contributed by atoms with van der Waals surface area (Å²) in [7, 11) is 1.68. The second-order valence-electron chi connectivity index (χ2n) is 8.31. The molecule has 178 valence electrons. The van der Waals surface area contributed by atoms with E-state index in [1.54, 1.807) is 7.11 Å². The highest BCUT2D eigenvalue weighted by Crippen LogP contribution is 2.37. The summed E-state index contributed by atoms with van der Waals surface area (Å²) in [6.07, 6.45) is 0.911. The van der Waals surface area contributed by atoms with Crippen LogP contribution in [0.25, 0.3) is 22.6 Å². The Morgan fingerprint density at radius 1 is 1.12 bits per heavy atom. The number of aromatic nitrogens is 4. The Labute approximate surface area is 199 Å². The van der Waals surface area contributed by atoms with Crippen molar-refractivity contribution in [2.75, 3.05) is 64.6 Å². The minimum absolute atomic E-state index is 0. The highest BCUT2D eigenvalue weighted by atomic mass is 35.5. The van der Waals surface area contributed by atoms with Gasteiger partial charge in [-0.2, -0.15) is 0 Å². The summed E-state index contributed by atoms with van der Waals surface area (Å²) in [4.78, 5) is 19.1. The number of halogens is 2. The Balaban J connectivity index is 0.00000259. The summed E-state index contributed by atoms with van der Waals surface area (Å²) < 4.78 is 26.3. The van der Waals surface area contributed by atoms with Crippen molar-refractivity contribution in [2.45, 2.75) is 19.4 Å². The summed E-state index contributed by atoms with van der Waals surface area (Å²) in [6.45, 7) is 6.65. The number of rotatable bonds is 6. The molecule has 5 rings (SSSR count). The summed E-state index contributed by atoms with van der Waals surface area (Å²) in [5, 5.41) is 0. The zero-order valence-corrected chi connectivity index (χ0v) is 19.9. The van der Waals surface area contributed by atoms with Gasteiger partial charge in [0, 0.05) is 39.3 Å². The van der Waals surface area contributed by atoms with Crippen LogP contribution in [-0.4, -0.2) is 84.1 Å². The van der Waals surface area contributed by atoms with Crippen LogP contribution >= 0.6 is 12.4 Å². The van der Waals surface area contributed by atoms with Gasteiger partial charge in [0.25, 0.3) is 0 Å². The lowest BCUT2D eigenvalue weighted by Gasteiger charge is -2.35. The van der Waals surface area contributed by atoms with E-state index in [-0.39, 0.29) is 25.1 Å². The van der Waals surface area contributed by atoms with E-state index in [2.05, 4.69) is 14.4 Å². The van der Waals surface area contributed by atoms with E-state index < -0.39 is 0 Å². The minimum Gasteiger partial charge on any atom is -0.496 e. The molecule has 0 bridgehead atoms. The predicted octanol–water partition coefficient (Wildman–Crippen LogP) is 3.29. The Kier molecular flexibility index (Phi) is 7.31. The monoisotopic (exact) mass is 476 g/mol. The van der Waals surface area contributed by atoms with E-state index in [4.69, 9.17) is 24.4 Å². The fourth-order valence-electron chi connectivity index (χ4n) is 4.68. The standard InChI is InChI=1S/C23H29FN6O2.ClH/c1-16-25-22(29-12-10-28(9-8-24)11-13-29)20-23(26-16)30(17-7-14-32-15-17)21(27-20)18-5-3-4-6-19(18)31-2;/h3-6,17H,7-15H2,1-2H3;1H. The molecule has 0 spiro atoms. The quantitative estimate of drug-likeness (QED) is 0.540. The second-order valence-corrected chi connectivity index (χ2v) is 8.31. The zero-order valence-electron chi connectivity index (χ0n) is 19.0. The molecule has 2 aromatic heterocycles. The number of imidazole rings is 1. The molecule has 10 heteroatoms. The zero-order chi connectivity index (χ0) is 22.1. The lowest BCUT2D eigenvalue weighted by Crippen LogP contribution is -2.47. The van der Waals surface area contributed by atoms with Crippen LogP contribution < -0.4 is 9.64 Å². The average Bonchev–Trinajstić information content (AvgIpc) is 3.47. The molecule has 1 atom stereocenters. The van der Waals surface area contributed by atoms with Gasteiger partial charge in [0.2, 0.25) is 0 Å². The molecule has 33 heavy (non-hydrogen) atoms. The molecule has 0 amide bonds. The first kappa shape index (κ1) is 23.7. The molecule has 3 aromatic rings. The first-order valence-electron chi connectivity index (χ1n) is 11.2. The molecule has 2 aliphatic rings. The molecule has 2 aliphatic heterocycles. The lowest BCUT2D eigenvalue weighted by molar-refractivity contribution is 0.187. The molecule has 8 nitrogen and oxygen atoms in total. The van der Waals surface area contributed by atoms with E-state index >= 15 is 0 Å². The van der Waals surface area contributed by atoms with Gasteiger partial charge in [-0.1, -0.05) is 12.1 Å². The predicted molar refractivity (Wildman–Crippen MR) is 128 cm³/mol. The van der Waals surface area contributed by atoms with Crippen molar-refractivity contribution in [1.82, 2.24) is 24.4 Å². The number of para-hydroxylation sites is 1. The maximum Gasteiger partial charge on any atom is 0.166 e. The summed E-state index contributed by atoms with van der Waals surface area (Å²) in [5.74, 6) is 3.16. The minimum atomic E-state index is -0.313. The third kappa shape index (κ3) is 4.49. The van der Waals surface area contributed by atoms with Gasteiger partial charge in [-0.15, -0.1) is 12.4 Å². The lowest BCUT2D eigenvalue weighted by atomic mass is 10.1. The highest BCUT2D eigenvalue weighted by Gasteiger charge is 2.29. The molecule has 1 aromatic carbocycles. The summed E-state index contributed by atoms with van der Waals surface area (Å²) >= 11 is 0. The summed E-state index contributed by atoms with van der Waals surface area (Å²) in [5.41, 5.74) is 2.55. The third-order valence-corrected chi connectivity index (χ3v) is 6.32. The van der Waals surface area contributed by atoms with Crippen LogP contribution in [0.4, 0.5) is 10.2 Å². The van der Waals surface area contributed by atoms with E-state index in [0.717, 1.165) is 73.3 Å². The topological polar surface area (TPSA) is 68.5 Å². The van der Waals surface area contributed by atoms with Gasteiger partial charge in [-0.3, -0.25) is 4.90 Å². The molecule has 1 unspecified atom stereocenters. The number of piperazine rings is 1. The molecule has 0 N–H and O–H groups in total. The van der Waals surface area contributed by atoms with Gasteiger partial charge >= 0.3 is 0 Å². The third-order valence-electron chi connectivity index (χ3n) is 6.32. The molecule has 2 fully saturated rings. The number of fused-ring (bicyclic) bond motifs is 1. The molecule has 2 saturated heterocycles. The maximum absolute atomic E-state index is 12.8. The number of alkyl halides is 1. The van der Waals surface area contributed by atoms with Crippen molar-refractivity contribution in [3.8, 4) is 17.1 Å². The number of ether oxygens (including phenoxy) is 2. The normalized spacial score (nSPS) is 19.1. The molecule has 4 heterocycles. The van der Waals surface area contributed by atoms with E-state index in [9.17, 15) is 4.39 Å². The van der Waals surface area contributed by atoms with Crippen LogP contribution in [0.15, 0.2) is 24.3 Å². The number of methoxy groups -OCH3 is 1. The fourth-order valence-corrected chi connectivity index (χ4v) is 4.68. The highest BCUT2D eigenvalue weighted by molar-refractivity contribution is 5.88. The number of hydrogen-bond donors (Lipinski definition) is 0. The van der Waals surface area contributed by atoms with Crippen LogP contribution in [-0.2, 0) is 4.74 Å². The van der Waals surface area contributed by atoms with Gasteiger partial charge in [-0.25, -0.2) is 19.3 Å². The van der Waals surface area contributed by atoms with E-state index in [0.29, 0.717) is 19.0 Å². The number of nitrogens with zero attached hydrogens (tertiary/aromatic N) is 6. The van der Waals surface area contributed by atoms with Crippen LogP contribution in [0.3, 0.4) is 0 Å². The van der Waals surface area contributed by atoms with Crippen molar-refractivity contribution < 1.29 is 13.9 Å². The molecule has 0 aliphatic carbocycles. The second kappa shape index (κ2) is 10.2. The van der Waals surface area contributed by atoms with Crippen LogP contribution in [0.5, 0.6) is 5.75 Å². The first-order chi connectivity index (χ1) is 15.7. The molecular formula is C23H30ClFN6O2. The number of benzene rings is 1. The summed E-state index contributed by atoms with van der Waals surface area (Å²) in [6, 6.07) is 8.09. The van der Waals surface area contributed by atoms with E-state index in [1.165, 1.54) is 0 Å². The number of anilines is 1. The number of aryl methyl sites for hydroxylation is 1. The van der Waals surface area contributed by atoms with Gasteiger partial charge in [0.05, 0.1) is 25.3 Å². The first-order valence-corrected chi connectivity index (χ1v) is 11.2. The molecule has 0 radical (unpaired) electrons. The van der Waals surface area contributed by atoms with E-state index in [1.807, 2.05) is 31.2 Å². The van der Waals surface area contributed by atoms with Crippen molar-refractivity contribution in [1.29, 1.82) is 0 Å². The average molecular weight is 477 g/mol. The number of hydrogen-bond acceptors (Lipinski definition) is 7. The van der Waals surface area contributed by atoms with Crippen molar-refractivity contribution in [3.05, 3.63) is 30.1 Å². The molecule has 0 saturated carbocycles. The van der Waals surface area contributed by atoms with Gasteiger partial charge in [-0.05, 0) is 25.5 Å². The van der Waals surface area contributed by atoms with Crippen LogP contribution in [0, 0.1) is 6.92 Å². The van der Waals surface area contributed by atoms with Crippen molar-refractivity contribution >= 4 is 29.4 Å². The van der Waals surface area contributed by atoms with Crippen LogP contribution in [0.1, 0.15) is 18.3 Å². The van der Waals surface area contributed by atoms with Crippen molar-refractivity contribution in [2.24, 2.45) is 0 Å². The van der Waals surface area contributed by atoms with Gasteiger partial charge in [0.15, 0.2) is 17.0 Å². The largest absolute Gasteiger partial charge is 0.496 e.